The van der Waals surface area contributed by atoms with E-state index in [0.717, 1.165) is 66.8 Å². The normalized spacial score (nSPS) is 14.9. The molecule has 1 fully saturated rings. The maximum Gasteiger partial charge on any atom is 0.264 e. The topological polar surface area (TPSA) is 69.7 Å². The van der Waals surface area contributed by atoms with Gasteiger partial charge in [-0.25, -0.2) is 17.2 Å². The van der Waals surface area contributed by atoms with Crippen molar-refractivity contribution in [1.82, 2.24) is 10.2 Å². The fourth-order valence-corrected chi connectivity index (χ4v) is 4.98. The lowest BCUT2D eigenvalue weighted by atomic mass is 10.1. The summed E-state index contributed by atoms with van der Waals surface area (Å²) in [6.45, 7) is 3.00. The van der Waals surface area contributed by atoms with Crippen LogP contribution in [0.15, 0.2) is 53.4 Å². The summed E-state index contributed by atoms with van der Waals surface area (Å²) in [5, 5.41) is 2.76. The molecule has 0 aliphatic carbocycles. The number of amides is 1. The lowest BCUT2D eigenvalue weighted by molar-refractivity contribution is -0.119. The van der Waals surface area contributed by atoms with Gasteiger partial charge in [-0.2, -0.15) is 0 Å². The van der Waals surface area contributed by atoms with Crippen molar-refractivity contribution in [3.8, 4) is 0 Å². The Morgan fingerprint density at radius 2 is 1.52 bits per heavy atom. The van der Waals surface area contributed by atoms with E-state index in [1.165, 1.54) is 31.4 Å². The van der Waals surface area contributed by atoms with Crippen LogP contribution < -0.4 is 9.62 Å². The van der Waals surface area contributed by atoms with Crippen LogP contribution in [0.4, 0.5) is 14.5 Å². The van der Waals surface area contributed by atoms with Gasteiger partial charge in [0.2, 0.25) is 5.91 Å². The molecule has 31 heavy (non-hydrogen) atoms. The highest BCUT2D eigenvalue weighted by molar-refractivity contribution is 7.92. The molecule has 0 bridgehead atoms. The van der Waals surface area contributed by atoms with Crippen molar-refractivity contribution in [2.75, 3.05) is 37.0 Å². The third kappa shape index (κ3) is 6.48. The van der Waals surface area contributed by atoms with E-state index in [4.69, 9.17) is 0 Å². The van der Waals surface area contributed by atoms with Crippen LogP contribution in [0.25, 0.3) is 0 Å². The van der Waals surface area contributed by atoms with Crippen molar-refractivity contribution in [2.24, 2.45) is 0 Å². The number of hydrogen-bond donors (Lipinski definition) is 1. The third-order valence-electron chi connectivity index (χ3n) is 5.23. The number of rotatable bonds is 9. The molecular formula is C22H27F2N3O3S. The molecule has 0 spiro atoms. The molecule has 0 aromatic heterocycles. The Bertz CT molecular complexity index is 961. The van der Waals surface area contributed by atoms with Gasteiger partial charge in [0, 0.05) is 6.54 Å². The summed E-state index contributed by atoms with van der Waals surface area (Å²) >= 11 is 0. The molecule has 1 amide bonds. The monoisotopic (exact) mass is 451 g/mol. The van der Waals surface area contributed by atoms with E-state index < -0.39 is 34.1 Å². The molecular weight excluding hydrogens is 424 g/mol. The fourth-order valence-electron chi connectivity index (χ4n) is 3.56. The highest BCUT2D eigenvalue weighted by Gasteiger charge is 2.27. The van der Waals surface area contributed by atoms with Crippen LogP contribution in [0, 0.1) is 11.6 Å². The summed E-state index contributed by atoms with van der Waals surface area (Å²) in [5.41, 5.74) is 0.147. The van der Waals surface area contributed by atoms with Gasteiger partial charge in [-0.3, -0.25) is 9.10 Å². The molecule has 0 unspecified atom stereocenters. The number of carbonyl (C=O) groups is 1. The number of anilines is 1. The predicted octanol–water partition coefficient (Wildman–Crippen LogP) is 3.15. The van der Waals surface area contributed by atoms with Gasteiger partial charge in [-0.15, -0.1) is 0 Å². The first-order valence-corrected chi connectivity index (χ1v) is 11.8. The Morgan fingerprint density at radius 1 is 0.935 bits per heavy atom. The Hall–Kier alpha value is -2.52. The average Bonchev–Trinajstić information content (AvgIpc) is 2.77. The minimum absolute atomic E-state index is 0.147. The molecule has 1 aliphatic heterocycles. The van der Waals surface area contributed by atoms with Crippen LogP contribution in [-0.2, 0) is 14.8 Å². The van der Waals surface area contributed by atoms with E-state index in [9.17, 15) is 22.0 Å². The molecule has 9 heteroatoms. The summed E-state index contributed by atoms with van der Waals surface area (Å²) < 4.78 is 53.7. The van der Waals surface area contributed by atoms with Gasteiger partial charge in [-0.1, -0.05) is 6.42 Å². The Morgan fingerprint density at radius 3 is 2.13 bits per heavy atom. The molecule has 0 radical (unpaired) electrons. The number of sulfonamides is 1. The van der Waals surface area contributed by atoms with Crippen LogP contribution in [0.3, 0.4) is 0 Å². The summed E-state index contributed by atoms with van der Waals surface area (Å²) in [7, 11) is -4.15. The molecule has 3 rings (SSSR count). The maximum absolute atomic E-state index is 13.3. The smallest absolute Gasteiger partial charge is 0.264 e. The highest BCUT2D eigenvalue weighted by atomic mass is 32.2. The van der Waals surface area contributed by atoms with Crippen molar-refractivity contribution in [3.05, 3.63) is 60.2 Å². The van der Waals surface area contributed by atoms with Crippen LogP contribution in [0.5, 0.6) is 0 Å². The Balaban J connectivity index is 1.67. The minimum atomic E-state index is -4.15. The van der Waals surface area contributed by atoms with Crippen LogP contribution in [0.2, 0.25) is 0 Å². The average molecular weight is 452 g/mol. The summed E-state index contributed by atoms with van der Waals surface area (Å²) in [5.74, 6) is -1.56. The number of benzene rings is 2. The zero-order valence-corrected chi connectivity index (χ0v) is 18.1. The number of piperidine rings is 1. The second-order valence-electron chi connectivity index (χ2n) is 7.55. The highest BCUT2D eigenvalue weighted by Crippen LogP contribution is 2.24. The largest absolute Gasteiger partial charge is 0.354 e. The Labute approximate surface area is 181 Å². The number of nitrogens with one attached hydrogen (secondary N) is 1. The van der Waals surface area contributed by atoms with Crippen molar-refractivity contribution in [2.45, 2.75) is 30.6 Å². The van der Waals surface area contributed by atoms with Crippen molar-refractivity contribution in [1.29, 1.82) is 0 Å². The van der Waals surface area contributed by atoms with Gasteiger partial charge >= 0.3 is 0 Å². The van der Waals surface area contributed by atoms with Gasteiger partial charge in [-0.05, 0) is 87.4 Å². The zero-order chi connectivity index (χ0) is 22.3. The van der Waals surface area contributed by atoms with E-state index >= 15 is 0 Å². The predicted molar refractivity (Wildman–Crippen MR) is 115 cm³/mol. The second-order valence-corrected chi connectivity index (χ2v) is 9.41. The van der Waals surface area contributed by atoms with Crippen LogP contribution in [-0.4, -0.2) is 51.9 Å². The van der Waals surface area contributed by atoms with E-state index in [0.29, 0.717) is 6.54 Å². The Kier molecular flexibility index (Phi) is 7.97. The molecule has 1 saturated heterocycles. The lowest BCUT2D eigenvalue weighted by Crippen LogP contribution is -2.41. The molecule has 2 aromatic carbocycles. The van der Waals surface area contributed by atoms with Crippen molar-refractivity contribution in [3.63, 3.8) is 0 Å². The number of halogens is 2. The molecule has 0 atom stereocenters. The van der Waals surface area contributed by atoms with E-state index in [2.05, 4.69) is 10.2 Å². The fraction of sp³-hybridized carbons (Fsp3) is 0.409. The first-order valence-electron chi connectivity index (χ1n) is 10.4. The summed E-state index contributed by atoms with van der Waals surface area (Å²) in [6, 6.07) is 9.18. The zero-order valence-electron chi connectivity index (χ0n) is 17.3. The summed E-state index contributed by atoms with van der Waals surface area (Å²) in [4.78, 5) is 14.7. The van der Waals surface area contributed by atoms with Gasteiger partial charge in [0.15, 0.2) is 0 Å². The van der Waals surface area contributed by atoms with E-state index in [1.54, 1.807) is 0 Å². The quantitative estimate of drug-likeness (QED) is 0.595. The SMILES string of the molecule is O=C(CN(c1ccc(F)cc1)S(=O)(=O)c1ccc(F)cc1)NCCCN1CCCCC1. The van der Waals surface area contributed by atoms with Gasteiger partial charge < -0.3 is 10.2 Å². The van der Waals surface area contributed by atoms with E-state index in [1.807, 2.05) is 0 Å². The molecule has 1 aliphatic rings. The number of nitrogens with zero attached hydrogens (tertiary/aromatic N) is 2. The van der Waals surface area contributed by atoms with Crippen LogP contribution >= 0.6 is 0 Å². The first kappa shape index (κ1) is 23.1. The standard InChI is InChI=1S/C22H27F2N3O3S/c23-18-5-9-20(10-6-18)27(31(29,30)21-11-7-19(24)8-12-21)17-22(28)25-13-4-16-26-14-2-1-3-15-26/h5-12H,1-4,13-17H2,(H,25,28). The molecule has 1 heterocycles. The molecule has 1 N–H and O–H groups in total. The second kappa shape index (κ2) is 10.7. The lowest BCUT2D eigenvalue weighted by Gasteiger charge is -2.26. The van der Waals surface area contributed by atoms with Gasteiger partial charge in [0.25, 0.3) is 10.0 Å². The number of carbonyl (C=O) groups excluding carboxylic acids is 1. The third-order valence-corrected chi connectivity index (χ3v) is 7.01. The molecule has 0 saturated carbocycles. The van der Waals surface area contributed by atoms with Crippen molar-refractivity contribution < 1.29 is 22.0 Å². The van der Waals surface area contributed by atoms with Crippen LogP contribution in [0.1, 0.15) is 25.7 Å². The minimum Gasteiger partial charge on any atom is -0.354 e. The first-order chi connectivity index (χ1) is 14.9. The number of likely N-dealkylation sites (tertiary alicyclic amines) is 1. The van der Waals surface area contributed by atoms with Crippen molar-refractivity contribution >= 4 is 21.6 Å². The van der Waals surface area contributed by atoms with Gasteiger partial charge in [0.1, 0.15) is 18.2 Å². The number of hydrogen-bond acceptors (Lipinski definition) is 4. The summed E-state index contributed by atoms with van der Waals surface area (Å²) in [6.07, 6.45) is 4.42. The molecule has 2 aromatic rings. The maximum atomic E-state index is 13.3. The van der Waals surface area contributed by atoms with E-state index in [-0.39, 0.29) is 10.6 Å². The molecule has 6 nitrogen and oxygen atoms in total. The molecule has 168 valence electrons. The van der Waals surface area contributed by atoms with Gasteiger partial charge in [0.05, 0.1) is 10.6 Å².